The van der Waals surface area contributed by atoms with Crippen molar-refractivity contribution in [2.24, 2.45) is 0 Å². The zero-order valence-corrected chi connectivity index (χ0v) is 17.8. The van der Waals surface area contributed by atoms with Gasteiger partial charge in [0.1, 0.15) is 6.04 Å². The average molecular weight is 399 g/mol. The minimum atomic E-state index is -0.513. The lowest BCUT2D eigenvalue weighted by molar-refractivity contribution is -0.138. The summed E-state index contributed by atoms with van der Waals surface area (Å²) in [4.78, 5) is 28.3. The topological polar surface area (TPSA) is 49.4 Å². The number of unbranched alkanes of at least 4 members (excludes halogenated alkanes) is 1. The molecule has 1 N–H and O–H groups in total. The summed E-state index contributed by atoms with van der Waals surface area (Å²) in [6, 6.07) is 17.4. The van der Waals surface area contributed by atoms with E-state index < -0.39 is 6.04 Å². The molecule has 0 heterocycles. The fraction of sp³-hybridized carbons (Fsp3) is 0.391. The Morgan fingerprint density at radius 3 is 2.54 bits per heavy atom. The number of carbonyl (C=O) groups is 2. The van der Waals surface area contributed by atoms with Gasteiger partial charge in [0, 0.05) is 18.0 Å². The van der Waals surface area contributed by atoms with Crippen LogP contribution in [0.1, 0.15) is 37.8 Å². The Balaban J connectivity index is 2.09. The molecule has 1 atom stereocenters. The number of aryl methyl sites for hydroxylation is 1. The van der Waals surface area contributed by atoms with Gasteiger partial charge in [-0.15, -0.1) is 11.8 Å². The van der Waals surface area contributed by atoms with Crippen molar-refractivity contribution in [2.75, 3.05) is 12.3 Å². The second-order valence-corrected chi connectivity index (χ2v) is 7.98. The van der Waals surface area contributed by atoms with Gasteiger partial charge in [0.25, 0.3) is 0 Å². The van der Waals surface area contributed by atoms with Crippen molar-refractivity contribution in [2.45, 2.75) is 51.1 Å². The molecular formula is C23H30N2O2S. The number of hydrogen-bond acceptors (Lipinski definition) is 3. The van der Waals surface area contributed by atoms with Crippen molar-refractivity contribution in [1.82, 2.24) is 10.2 Å². The molecule has 0 radical (unpaired) electrons. The SMILES string of the molecule is CCCCNC(=O)C(C)N(Cc1cccc(C)c1)C(=O)CSc1ccccc1. The van der Waals surface area contributed by atoms with E-state index in [9.17, 15) is 9.59 Å². The zero-order chi connectivity index (χ0) is 20.4. The van der Waals surface area contributed by atoms with Gasteiger partial charge in [-0.05, 0) is 38.0 Å². The standard InChI is InChI=1S/C23H30N2O2S/c1-4-5-14-24-23(27)19(3)25(16-20-11-9-10-18(2)15-20)22(26)17-28-21-12-7-6-8-13-21/h6-13,15,19H,4-5,14,16-17H2,1-3H3,(H,24,27). The van der Waals surface area contributed by atoms with Gasteiger partial charge in [0.2, 0.25) is 11.8 Å². The van der Waals surface area contributed by atoms with Crippen molar-refractivity contribution < 1.29 is 9.59 Å². The smallest absolute Gasteiger partial charge is 0.242 e. The molecule has 0 bridgehead atoms. The molecule has 2 amide bonds. The van der Waals surface area contributed by atoms with Crippen molar-refractivity contribution in [3.63, 3.8) is 0 Å². The number of rotatable bonds is 10. The Kier molecular flexibility index (Phi) is 9.08. The van der Waals surface area contributed by atoms with Gasteiger partial charge in [-0.2, -0.15) is 0 Å². The number of thioether (sulfide) groups is 1. The lowest BCUT2D eigenvalue weighted by atomic mass is 10.1. The van der Waals surface area contributed by atoms with Crippen LogP contribution in [-0.4, -0.2) is 35.1 Å². The predicted molar refractivity (Wildman–Crippen MR) is 116 cm³/mol. The van der Waals surface area contributed by atoms with Crippen LogP contribution in [0.25, 0.3) is 0 Å². The van der Waals surface area contributed by atoms with E-state index in [1.54, 1.807) is 4.90 Å². The molecule has 2 aromatic carbocycles. The van der Waals surface area contributed by atoms with E-state index in [1.807, 2.05) is 62.4 Å². The van der Waals surface area contributed by atoms with E-state index in [0.29, 0.717) is 18.8 Å². The predicted octanol–water partition coefficient (Wildman–Crippen LogP) is 4.42. The maximum absolute atomic E-state index is 13.0. The van der Waals surface area contributed by atoms with Crippen LogP contribution in [0.3, 0.4) is 0 Å². The van der Waals surface area contributed by atoms with Crippen LogP contribution in [0.15, 0.2) is 59.5 Å². The van der Waals surface area contributed by atoms with E-state index in [-0.39, 0.29) is 11.8 Å². The molecule has 2 rings (SSSR count). The first-order valence-electron chi connectivity index (χ1n) is 9.81. The second-order valence-electron chi connectivity index (χ2n) is 6.93. The van der Waals surface area contributed by atoms with Crippen molar-refractivity contribution >= 4 is 23.6 Å². The molecule has 0 aliphatic rings. The van der Waals surface area contributed by atoms with E-state index in [0.717, 1.165) is 28.9 Å². The maximum atomic E-state index is 13.0. The average Bonchev–Trinajstić information content (AvgIpc) is 2.70. The summed E-state index contributed by atoms with van der Waals surface area (Å²) in [5.41, 5.74) is 2.18. The van der Waals surface area contributed by atoms with Gasteiger partial charge >= 0.3 is 0 Å². The third-order valence-electron chi connectivity index (χ3n) is 4.54. The number of carbonyl (C=O) groups excluding carboxylic acids is 2. The molecule has 0 fully saturated rings. The van der Waals surface area contributed by atoms with Crippen molar-refractivity contribution in [3.05, 3.63) is 65.7 Å². The first-order chi connectivity index (χ1) is 13.5. The highest BCUT2D eigenvalue weighted by Gasteiger charge is 2.26. The van der Waals surface area contributed by atoms with Crippen molar-refractivity contribution in [1.29, 1.82) is 0 Å². The summed E-state index contributed by atoms with van der Waals surface area (Å²) >= 11 is 1.50. The summed E-state index contributed by atoms with van der Waals surface area (Å²) in [7, 11) is 0. The highest BCUT2D eigenvalue weighted by molar-refractivity contribution is 8.00. The number of amides is 2. The largest absolute Gasteiger partial charge is 0.354 e. The van der Waals surface area contributed by atoms with E-state index in [4.69, 9.17) is 0 Å². The lowest BCUT2D eigenvalue weighted by Crippen LogP contribution is -2.48. The molecule has 150 valence electrons. The van der Waals surface area contributed by atoms with Crippen LogP contribution < -0.4 is 5.32 Å². The summed E-state index contributed by atoms with van der Waals surface area (Å²) in [5, 5.41) is 2.95. The number of hydrogen-bond donors (Lipinski definition) is 1. The number of nitrogens with one attached hydrogen (secondary N) is 1. The molecular weight excluding hydrogens is 368 g/mol. The van der Waals surface area contributed by atoms with E-state index in [2.05, 4.69) is 18.3 Å². The van der Waals surface area contributed by atoms with Crippen LogP contribution in [0.5, 0.6) is 0 Å². The minimum absolute atomic E-state index is 0.0338. The first-order valence-corrected chi connectivity index (χ1v) is 10.8. The van der Waals surface area contributed by atoms with Crippen LogP contribution in [0.4, 0.5) is 0 Å². The van der Waals surface area contributed by atoms with Gasteiger partial charge < -0.3 is 10.2 Å². The Bertz CT molecular complexity index is 764. The van der Waals surface area contributed by atoms with E-state index >= 15 is 0 Å². The van der Waals surface area contributed by atoms with Crippen molar-refractivity contribution in [3.8, 4) is 0 Å². The van der Waals surface area contributed by atoms with E-state index in [1.165, 1.54) is 11.8 Å². The zero-order valence-electron chi connectivity index (χ0n) is 17.0. The van der Waals surface area contributed by atoms with Gasteiger partial charge in [0.15, 0.2) is 0 Å². The Morgan fingerprint density at radius 2 is 1.86 bits per heavy atom. The monoisotopic (exact) mass is 398 g/mol. The third kappa shape index (κ3) is 7.04. The molecule has 28 heavy (non-hydrogen) atoms. The van der Waals surface area contributed by atoms with Crippen LogP contribution in [-0.2, 0) is 16.1 Å². The molecule has 2 aromatic rings. The lowest BCUT2D eigenvalue weighted by Gasteiger charge is -2.29. The summed E-state index contributed by atoms with van der Waals surface area (Å²) < 4.78 is 0. The fourth-order valence-electron chi connectivity index (χ4n) is 2.87. The minimum Gasteiger partial charge on any atom is -0.354 e. The molecule has 0 aromatic heterocycles. The Morgan fingerprint density at radius 1 is 1.11 bits per heavy atom. The van der Waals surface area contributed by atoms with Gasteiger partial charge in [-0.1, -0.05) is 61.4 Å². The molecule has 0 aliphatic carbocycles. The second kappa shape index (κ2) is 11.5. The molecule has 0 saturated carbocycles. The number of nitrogens with zero attached hydrogens (tertiary/aromatic N) is 1. The summed E-state index contributed by atoms with van der Waals surface area (Å²) in [6.07, 6.45) is 1.96. The molecule has 1 unspecified atom stereocenters. The third-order valence-corrected chi connectivity index (χ3v) is 5.53. The molecule has 0 spiro atoms. The fourth-order valence-corrected chi connectivity index (χ4v) is 3.68. The highest BCUT2D eigenvalue weighted by atomic mass is 32.2. The molecule has 4 nitrogen and oxygen atoms in total. The maximum Gasteiger partial charge on any atom is 0.242 e. The molecule has 0 aliphatic heterocycles. The molecule has 5 heteroatoms. The first kappa shape index (κ1) is 22.0. The van der Waals surface area contributed by atoms with Crippen LogP contribution in [0.2, 0.25) is 0 Å². The van der Waals surface area contributed by atoms with Gasteiger partial charge in [0.05, 0.1) is 5.75 Å². The van der Waals surface area contributed by atoms with Crippen LogP contribution >= 0.6 is 11.8 Å². The van der Waals surface area contributed by atoms with Crippen LogP contribution in [0, 0.1) is 6.92 Å². The summed E-state index contributed by atoms with van der Waals surface area (Å²) in [6.45, 7) is 7.00. The van der Waals surface area contributed by atoms with Gasteiger partial charge in [-0.3, -0.25) is 9.59 Å². The quantitative estimate of drug-likeness (QED) is 0.476. The normalized spacial score (nSPS) is 11.7. The van der Waals surface area contributed by atoms with Gasteiger partial charge in [-0.25, -0.2) is 0 Å². The Hall–Kier alpha value is -2.27. The Labute approximate surface area is 172 Å². The molecule has 0 saturated heterocycles. The summed E-state index contributed by atoms with van der Waals surface area (Å²) in [5.74, 6) is 0.176. The highest BCUT2D eigenvalue weighted by Crippen LogP contribution is 2.19. The number of benzene rings is 2.